The Morgan fingerprint density at radius 1 is 0.968 bits per heavy atom. The molecule has 6 nitrogen and oxygen atoms in total. The van der Waals surface area contributed by atoms with Crippen LogP contribution in [0.4, 0.5) is 11.6 Å². The van der Waals surface area contributed by atoms with Crippen molar-refractivity contribution in [2.75, 3.05) is 12.4 Å². The first-order valence-electron chi connectivity index (χ1n) is 9.37. The van der Waals surface area contributed by atoms with Crippen LogP contribution in [-0.4, -0.2) is 20.5 Å². The highest BCUT2D eigenvalue weighted by Crippen LogP contribution is 2.36. The normalized spacial score (nSPS) is 11.3. The Hall–Kier alpha value is -3.29. The molecule has 0 aliphatic heterocycles. The lowest BCUT2D eigenvalue weighted by Gasteiger charge is -2.07. The maximum Gasteiger partial charge on any atom is 0.238 e. The van der Waals surface area contributed by atoms with E-state index in [4.69, 9.17) is 20.8 Å². The van der Waals surface area contributed by atoms with Gasteiger partial charge >= 0.3 is 0 Å². The number of oxazole rings is 1. The molecule has 0 amide bonds. The van der Waals surface area contributed by atoms with E-state index in [-0.39, 0.29) is 21.7 Å². The van der Waals surface area contributed by atoms with Crippen LogP contribution in [0.5, 0.6) is 5.75 Å². The molecule has 4 aromatic rings. The Kier molecular flexibility index (Phi) is 5.71. The summed E-state index contributed by atoms with van der Waals surface area (Å²) in [5.41, 5.74) is 2.06. The van der Waals surface area contributed by atoms with Crippen molar-refractivity contribution in [2.45, 2.75) is 16.8 Å². The summed E-state index contributed by atoms with van der Waals surface area (Å²) in [5, 5.41) is 3.20. The molecule has 1 heterocycles. The predicted octanol–water partition coefficient (Wildman–Crippen LogP) is 5.89. The first-order chi connectivity index (χ1) is 14.9. The van der Waals surface area contributed by atoms with E-state index < -0.39 is 9.84 Å². The zero-order valence-electron chi connectivity index (χ0n) is 16.8. The minimum absolute atomic E-state index is 0.000613. The maximum atomic E-state index is 13.4. The van der Waals surface area contributed by atoms with Crippen molar-refractivity contribution in [1.29, 1.82) is 0 Å². The largest absolute Gasteiger partial charge is 0.497 e. The summed E-state index contributed by atoms with van der Waals surface area (Å²) in [6.45, 7) is 1.89. The number of nitrogens with one attached hydrogen (secondary N) is 1. The van der Waals surface area contributed by atoms with Gasteiger partial charge in [-0.15, -0.1) is 0 Å². The van der Waals surface area contributed by atoms with Crippen molar-refractivity contribution in [2.24, 2.45) is 0 Å². The first kappa shape index (κ1) is 21.0. The fraction of sp³-hybridized carbons (Fsp3) is 0.0870. The van der Waals surface area contributed by atoms with E-state index in [2.05, 4.69) is 10.3 Å². The number of ether oxygens (including phenoxy) is 1. The molecule has 0 bridgehead atoms. The lowest BCUT2D eigenvalue weighted by atomic mass is 10.2. The van der Waals surface area contributed by atoms with E-state index in [0.717, 1.165) is 5.56 Å². The standard InChI is InChI=1S/C23H19ClN2O4S/c1-15-7-13-18(14-8-15)31(27,28)23-22(25-16-9-11-17(29-2)12-10-16)30-21(26-23)19-5-3-4-6-20(19)24/h3-14,25H,1-2H3. The van der Waals surface area contributed by atoms with Gasteiger partial charge in [-0.05, 0) is 55.5 Å². The summed E-state index contributed by atoms with van der Waals surface area (Å²) < 4.78 is 37.8. The van der Waals surface area contributed by atoms with Crippen molar-refractivity contribution in [3.8, 4) is 17.2 Å². The van der Waals surface area contributed by atoms with E-state index in [9.17, 15) is 8.42 Å². The number of anilines is 2. The SMILES string of the molecule is COc1ccc(Nc2oc(-c3ccccc3Cl)nc2S(=O)(=O)c2ccc(C)cc2)cc1. The van der Waals surface area contributed by atoms with E-state index in [1.807, 2.05) is 6.92 Å². The smallest absolute Gasteiger partial charge is 0.238 e. The molecule has 158 valence electrons. The first-order valence-corrected chi connectivity index (χ1v) is 11.2. The molecular formula is C23H19ClN2O4S. The number of aryl methyl sites for hydroxylation is 1. The van der Waals surface area contributed by atoms with Gasteiger partial charge in [0.25, 0.3) is 0 Å². The Bertz CT molecular complexity index is 1310. The van der Waals surface area contributed by atoms with Gasteiger partial charge in [0.15, 0.2) is 0 Å². The van der Waals surface area contributed by atoms with Gasteiger partial charge in [-0.1, -0.05) is 41.4 Å². The van der Waals surface area contributed by atoms with Crippen LogP contribution in [0.25, 0.3) is 11.5 Å². The fourth-order valence-electron chi connectivity index (χ4n) is 2.95. The third-order valence-corrected chi connectivity index (χ3v) is 6.64. The van der Waals surface area contributed by atoms with Crippen LogP contribution in [0, 0.1) is 6.92 Å². The maximum absolute atomic E-state index is 13.4. The second-order valence-electron chi connectivity index (χ2n) is 6.80. The number of hydrogen-bond acceptors (Lipinski definition) is 6. The second kappa shape index (κ2) is 8.45. The van der Waals surface area contributed by atoms with Gasteiger partial charge in [0, 0.05) is 5.69 Å². The van der Waals surface area contributed by atoms with Crippen LogP contribution in [0.1, 0.15) is 5.56 Å². The molecule has 0 spiro atoms. The van der Waals surface area contributed by atoms with Gasteiger partial charge in [0.2, 0.25) is 26.6 Å². The van der Waals surface area contributed by atoms with E-state index in [1.165, 1.54) is 0 Å². The van der Waals surface area contributed by atoms with Crippen LogP contribution in [-0.2, 0) is 9.84 Å². The summed E-state index contributed by atoms with van der Waals surface area (Å²) in [7, 11) is -2.38. The molecule has 1 N–H and O–H groups in total. The Morgan fingerprint density at radius 2 is 1.65 bits per heavy atom. The lowest BCUT2D eigenvalue weighted by molar-refractivity contribution is 0.415. The number of halogens is 1. The van der Waals surface area contributed by atoms with Gasteiger partial charge < -0.3 is 14.5 Å². The molecule has 0 atom stereocenters. The van der Waals surface area contributed by atoms with Crippen molar-refractivity contribution in [1.82, 2.24) is 4.98 Å². The Balaban J connectivity index is 1.83. The number of methoxy groups -OCH3 is 1. The monoisotopic (exact) mass is 454 g/mol. The molecule has 0 aliphatic rings. The van der Waals surface area contributed by atoms with Crippen LogP contribution in [0.15, 0.2) is 87.1 Å². The molecule has 0 fully saturated rings. The van der Waals surface area contributed by atoms with E-state index in [0.29, 0.717) is 22.0 Å². The average molecular weight is 455 g/mol. The summed E-state index contributed by atoms with van der Waals surface area (Å²) >= 11 is 6.28. The number of aromatic nitrogens is 1. The molecule has 4 rings (SSSR count). The lowest BCUT2D eigenvalue weighted by Crippen LogP contribution is -2.05. The Labute approximate surface area is 185 Å². The second-order valence-corrected chi connectivity index (χ2v) is 9.08. The van der Waals surface area contributed by atoms with Gasteiger partial charge in [-0.2, -0.15) is 4.98 Å². The van der Waals surface area contributed by atoms with Crippen molar-refractivity contribution < 1.29 is 17.6 Å². The summed E-state index contributed by atoms with van der Waals surface area (Å²) in [4.78, 5) is 4.44. The number of rotatable bonds is 6. The molecule has 1 aromatic heterocycles. The molecule has 3 aromatic carbocycles. The average Bonchev–Trinajstić information content (AvgIpc) is 3.19. The molecule has 8 heteroatoms. The van der Waals surface area contributed by atoms with Gasteiger partial charge in [-0.3, -0.25) is 0 Å². The number of sulfone groups is 1. The zero-order chi connectivity index (χ0) is 22.0. The van der Waals surface area contributed by atoms with E-state index >= 15 is 0 Å². The third-order valence-electron chi connectivity index (χ3n) is 4.63. The van der Waals surface area contributed by atoms with Crippen LogP contribution in [0.3, 0.4) is 0 Å². The molecule has 0 saturated heterocycles. The van der Waals surface area contributed by atoms with Gasteiger partial charge in [-0.25, -0.2) is 8.42 Å². The van der Waals surface area contributed by atoms with Gasteiger partial charge in [0.1, 0.15) is 5.75 Å². The molecular weight excluding hydrogens is 436 g/mol. The summed E-state index contributed by atoms with van der Waals surface area (Å²) in [6, 6.07) is 20.5. The molecule has 31 heavy (non-hydrogen) atoms. The van der Waals surface area contributed by atoms with Crippen molar-refractivity contribution >= 4 is 33.0 Å². The minimum atomic E-state index is -3.95. The van der Waals surface area contributed by atoms with Crippen LogP contribution in [0.2, 0.25) is 5.02 Å². The quantitative estimate of drug-likeness (QED) is 0.391. The summed E-state index contributed by atoms with van der Waals surface area (Å²) in [5.74, 6) is 0.778. The fourth-order valence-corrected chi connectivity index (χ4v) is 4.43. The number of nitrogens with zero attached hydrogens (tertiary/aromatic N) is 1. The molecule has 0 unspecified atom stereocenters. The number of benzene rings is 3. The predicted molar refractivity (Wildman–Crippen MR) is 120 cm³/mol. The third kappa shape index (κ3) is 4.28. The molecule has 0 radical (unpaired) electrons. The zero-order valence-corrected chi connectivity index (χ0v) is 18.4. The Morgan fingerprint density at radius 3 is 2.29 bits per heavy atom. The van der Waals surface area contributed by atoms with Crippen LogP contribution >= 0.6 is 11.6 Å². The van der Waals surface area contributed by atoms with Crippen LogP contribution < -0.4 is 10.1 Å². The number of hydrogen-bond donors (Lipinski definition) is 1. The highest BCUT2D eigenvalue weighted by Gasteiger charge is 2.29. The highest BCUT2D eigenvalue weighted by atomic mass is 35.5. The highest BCUT2D eigenvalue weighted by molar-refractivity contribution is 7.91. The minimum Gasteiger partial charge on any atom is -0.497 e. The molecule has 0 saturated carbocycles. The van der Waals surface area contributed by atoms with Gasteiger partial charge in [0.05, 0.1) is 22.6 Å². The van der Waals surface area contributed by atoms with Crippen molar-refractivity contribution in [3.63, 3.8) is 0 Å². The topological polar surface area (TPSA) is 81.4 Å². The van der Waals surface area contributed by atoms with Crippen molar-refractivity contribution in [3.05, 3.63) is 83.4 Å². The summed E-state index contributed by atoms with van der Waals surface area (Å²) in [6.07, 6.45) is 0. The van der Waals surface area contributed by atoms with E-state index in [1.54, 1.807) is 79.9 Å². The molecule has 0 aliphatic carbocycles.